The van der Waals surface area contributed by atoms with Gasteiger partial charge in [-0.05, 0) is 66.7 Å². The van der Waals surface area contributed by atoms with E-state index in [1.165, 1.54) is 0 Å². The molecule has 0 N–H and O–H groups in total. The summed E-state index contributed by atoms with van der Waals surface area (Å²) in [6, 6.07) is 0.0194. The number of anilines is 2. The van der Waals surface area contributed by atoms with Gasteiger partial charge in [-0.3, -0.25) is 4.90 Å². The minimum absolute atomic E-state index is 0.0323. The van der Waals surface area contributed by atoms with Crippen molar-refractivity contribution >= 4 is 23.8 Å². The molecule has 186 valence electrons. The first-order valence-electron chi connectivity index (χ1n) is 12.7. The van der Waals surface area contributed by atoms with E-state index in [9.17, 15) is 9.59 Å². The van der Waals surface area contributed by atoms with Crippen molar-refractivity contribution in [2.24, 2.45) is 0 Å². The van der Waals surface area contributed by atoms with Crippen LogP contribution >= 0.6 is 0 Å². The summed E-state index contributed by atoms with van der Waals surface area (Å²) in [7, 11) is 0. The summed E-state index contributed by atoms with van der Waals surface area (Å²) in [5.74, 6) is 1.59. The summed E-state index contributed by atoms with van der Waals surface area (Å²) in [4.78, 5) is 41.0. The molecular weight excluding hydrogens is 434 g/mol. The Labute approximate surface area is 201 Å². The Kier molecular flexibility index (Phi) is 5.64. The third kappa shape index (κ3) is 3.96. The molecule has 9 nitrogen and oxygen atoms in total. The second kappa shape index (κ2) is 8.27. The van der Waals surface area contributed by atoms with Crippen LogP contribution in [0.1, 0.15) is 78.7 Å². The highest BCUT2D eigenvalue weighted by Crippen LogP contribution is 2.55. The molecule has 2 saturated carbocycles. The lowest BCUT2D eigenvalue weighted by atomic mass is 9.66. The second-order valence-electron chi connectivity index (χ2n) is 11.5. The highest BCUT2D eigenvalue weighted by molar-refractivity contribution is 5.92. The molecule has 0 bridgehead atoms. The predicted molar refractivity (Wildman–Crippen MR) is 128 cm³/mol. The lowest BCUT2D eigenvalue weighted by molar-refractivity contribution is 0.0129. The van der Waals surface area contributed by atoms with Crippen LogP contribution in [0.4, 0.5) is 21.2 Å². The number of fused-ring (bicyclic) bond motifs is 2. The zero-order valence-corrected chi connectivity index (χ0v) is 21.0. The first-order chi connectivity index (χ1) is 16.1. The molecule has 2 atom stereocenters. The van der Waals surface area contributed by atoms with Gasteiger partial charge >= 0.3 is 12.2 Å². The van der Waals surface area contributed by atoms with Crippen LogP contribution in [0.3, 0.4) is 0 Å². The van der Waals surface area contributed by atoms with E-state index in [2.05, 4.69) is 16.8 Å². The third-order valence-electron chi connectivity index (χ3n) is 7.79. The summed E-state index contributed by atoms with van der Waals surface area (Å²) in [5, 5.41) is 0. The maximum Gasteiger partial charge on any atom is 0.415 e. The molecule has 0 unspecified atom stereocenters. The summed E-state index contributed by atoms with van der Waals surface area (Å²) in [6.45, 7) is 11.6. The molecule has 2 aliphatic carbocycles. The van der Waals surface area contributed by atoms with Crippen LogP contribution in [0.25, 0.3) is 0 Å². The lowest BCUT2D eigenvalue weighted by Crippen LogP contribution is -2.59. The van der Waals surface area contributed by atoms with Crippen LogP contribution in [0.15, 0.2) is 6.33 Å². The Morgan fingerprint density at radius 3 is 2.29 bits per heavy atom. The fourth-order valence-electron chi connectivity index (χ4n) is 5.57. The quantitative estimate of drug-likeness (QED) is 0.637. The van der Waals surface area contributed by atoms with E-state index in [4.69, 9.17) is 14.5 Å². The summed E-state index contributed by atoms with van der Waals surface area (Å²) < 4.78 is 11.4. The minimum Gasteiger partial charge on any atom is -0.446 e. The number of ether oxygens (including phenoxy) is 2. The topological polar surface area (TPSA) is 88.1 Å². The monoisotopic (exact) mass is 471 g/mol. The van der Waals surface area contributed by atoms with Crippen LogP contribution < -0.4 is 9.80 Å². The molecule has 1 spiro atoms. The maximum atomic E-state index is 13.0. The first-order valence-corrected chi connectivity index (χ1v) is 12.7. The summed E-state index contributed by atoms with van der Waals surface area (Å²) >= 11 is 0. The third-order valence-corrected chi connectivity index (χ3v) is 7.79. The van der Waals surface area contributed by atoms with Crippen molar-refractivity contribution in [2.45, 2.75) is 102 Å². The molecule has 5 rings (SSSR count). The average molecular weight is 472 g/mol. The lowest BCUT2D eigenvalue weighted by Gasteiger charge is -2.46. The average Bonchev–Trinajstić information content (AvgIpc) is 3.07. The van der Waals surface area contributed by atoms with E-state index < -0.39 is 5.60 Å². The van der Waals surface area contributed by atoms with Gasteiger partial charge in [0.05, 0.1) is 0 Å². The van der Waals surface area contributed by atoms with Crippen molar-refractivity contribution in [3.05, 3.63) is 11.9 Å². The van der Waals surface area contributed by atoms with Crippen LogP contribution in [-0.4, -0.2) is 70.5 Å². The SMILES string of the molecule is C[C@@H]1CN(c2ncnc3c2C2(CCC2)CN3C(=O)OC2CCC2)[C@@H](C)CN1C(=O)OC(C)(C)C. The predicted octanol–water partition coefficient (Wildman–Crippen LogP) is 4.24. The van der Waals surface area contributed by atoms with Crippen LogP contribution in [0, 0.1) is 0 Å². The van der Waals surface area contributed by atoms with Gasteiger partial charge in [0.25, 0.3) is 0 Å². The van der Waals surface area contributed by atoms with Crippen molar-refractivity contribution in [3.8, 4) is 0 Å². The van der Waals surface area contributed by atoms with Gasteiger partial charge in [-0.1, -0.05) is 6.42 Å². The van der Waals surface area contributed by atoms with E-state index in [0.717, 1.165) is 49.9 Å². The number of carbonyl (C=O) groups excluding carboxylic acids is 2. The van der Waals surface area contributed by atoms with Crippen molar-refractivity contribution in [2.75, 3.05) is 29.4 Å². The van der Waals surface area contributed by atoms with Crippen molar-refractivity contribution in [1.29, 1.82) is 0 Å². The van der Waals surface area contributed by atoms with Gasteiger partial charge in [-0.25, -0.2) is 19.6 Å². The normalized spacial score (nSPS) is 26.1. The number of amides is 2. The van der Waals surface area contributed by atoms with Gasteiger partial charge in [0.1, 0.15) is 29.7 Å². The highest BCUT2D eigenvalue weighted by atomic mass is 16.6. The molecule has 1 saturated heterocycles. The van der Waals surface area contributed by atoms with Gasteiger partial charge in [-0.15, -0.1) is 0 Å². The highest BCUT2D eigenvalue weighted by Gasteiger charge is 2.53. The Hall–Kier alpha value is -2.58. The molecule has 3 heterocycles. The van der Waals surface area contributed by atoms with Crippen LogP contribution in [0.2, 0.25) is 0 Å². The smallest absolute Gasteiger partial charge is 0.415 e. The van der Waals surface area contributed by atoms with Gasteiger partial charge in [0.2, 0.25) is 0 Å². The number of carbonyl (C=O) groups is 2. The molecule has 2 amide bonds. The molecule has 34 heavy (non-hydrogen) atoms. The minimum atomic E-state index is -0.529. The number of hydrogen-bond donors (Lipinski definition) is 0. The molecule has 2 aliphatic heterocycles. The van der Waals surface area contributed by atoms with E-state index >= 15 is 0 Å². The molecular formula is C25H37N5O4. The van der Waals surface area contributed by atoms with Gasteiger partial charge < -0.3 is 19.3 Å². The zero-order chi connectivity index (χ0) is 24.3. The Morgan fingerprint density at radius 1 is 1.00 bits per heavy atom. The molecule has 0 aromatic carbocycles. The fraction of sp³-hybridized carbons (Fsp3) is 0.760. The Bertz CT molecular complexity index is 969. The summed E-state index contributed by atoms with van der Waals surface area (Å²) in [6.07, 6.45) is 7.24. The van der Waals surface area contributed by atoms with Gasteiger partial charge in [-0.2, -0.15) is 0 Å². The molecule has 0 radical (unpaired) electrons. The van der Waals surface area contributed by atoms with E-state index in [1.807, 2.05) is 32.6 Å². The Balaban J connectivity index is 1.41. The standard InChI is InChI=1S/C25H37N5O4/c1-16-13-29(23(32)34-24(3,4)5)17(2)12-28(16)20-19-21(27-15-26-20)30(14-25(19)10-7-11-25)22(31)33-18-8-6-9-18/h15-18H,6-14H2,1-5H3/t16-,17+/m0/s1. The van der Waals surface area contributed by atoms with Crippen LogP contribution in [0.5, 0.6) is 0 Å². The number of rotatable bonds is 2. The van der Waals surface area contributed by atoms with Crippen LogP contribution in [-0.2, 0) is 14.9 Å². The van der Waals surface area contributed by atoms with Gasteiger partial charge in [0.15, 0.2) is 0 Å². The van der Waals surface area contributed by atoms with Crippen molar-refractivity contribution in [3.63, 3.8) is 0 Å². The molecule has 9 heteroatoms. The van der Waals surface area contributed by atoms with E-state index in [1.54, 1.807) is 11.2 Å². The molecule has 3 fully saturated rings. The Morgan fingerprint density at radius 2 is 1.71 bits per heavy atom. The van der Waals surface area contributed by atoms with Gasteiger partial charge in [0, 0.05) is 42.7 Å². The number of piperazine rings is 1. The largest absolute Gasteiger partial charge is 0.446 e. The van der Waals surface area contributed by atoms with E-state index in [-0.39, 0.29) is 35.8 Å². The summed E-state index contributed by atoms with van der Waals surface area (Å²) in [5.41, 5.74) is 0.450. The van der Waals surface area contributed by atoms with E-state index in [0.29, 0.717) is 25.5 Å². The van der Waals surface area contributed by atoms with Crippen molar-refractivity contribution < 1.29 is 19.1 Å². The number of aromatic nitrogens is 2. The molecule has 4 aliphatic rings. The van der Waals surface area contributed by atoms with Crippen molar-refractivity contribution in [1.82, 2.24) is 14.9 Å². The molecule has 1 aromatic heterocycles. The number of nitrogens with zero attached hydrogens (tertiary/aromatic N) is 5. The number of hydrogen-bond acceptors (Lipinski definition) is 7. The molecule has 1 aromatic rings. The maximum absolute atomic E-state index is 13.0. The first kappa shape index (κ1) is 23.2. The fourth-order valence-corrected chi connectivity index (χ4v) is 5.57. The zero-order valence-electron chi connectivity index (χ0n) is 21.0. The second-order valence-corrected chi connectivity index (χ2v) is 11.5.